The molecule has 0 aromatic heterocycles. The van der Waals surface area contributed by atoms with Crippen LogP contribution in [0.15, 0.2) is 24.3 Å². The van der Waals surface area contributed by atoms with E-state index in [0.717, 1.165) is 4.90 Å². The molecule has 2 rings (SSSR count). The van der Waals surface area contributed by atoms with E-state index in [4.69, 9.17) is 0 Å². The van der Waals surface area contributed by atoms with E-state index in [9.17, 15) is 18.4 Å². The number of rotatable bonds is 3. The quantitative estimate of drug-likeness (QED) is 0.630. The van der Waals surface area contributed by atoms with Crippen LogP contribution in [0, 0.1) is 0 Å². The van der Waals surface area contributed by atoms with Gasteiger partial charge in [0.05, 0.1) is 25.1 Å². The number of piperidine rings is 1. The van der Waals surface area contributed by atoms with Gasteiger partial charge in [-0.25, -0.2) is 13.6 Å². The van der Waals surface area contributed by atoms with E-state index < -0.39 is 24.4 Å². The van der Waals surface area contributed by atoms with Gasteiger partial charge >= 0.3 is 5.97 Å². The van der Waals surface area contributed by atoms with Gasteiger partial charge in [0.25, 0.3) is 5.92 Å². The van der Waals surface area contributed by atoms with E-state index in [1.807, 2.05) is 0 Å². The van der Waals surface area contributed by atoms with Crippen molar-refractivity contribution in [3.8, 4) is 0 Å². The van der Waals surface area contributed by atoms with Crippen molar-refractivity contribution < 1.29 is 23.1 Å². The second-order valence-corrected chi connectivity index (χ2v) is 4.79. The molecule has 1 amide bonds. The minimum absolute atomic E-state index is 0.198. The van der Waals surface area contributed by atoms with Crippen LogP contribution in [0.3, 0.4) is 0 Å². The Bertz CT molecular complexity index is 502. The molecular weight excluding hydrogens is 268 g/mol. The SMILES string of the molecule is COC(=O)c1ccc(C2CCN(C=O)CC2(F)F)cc1. The van der Waals surface area contributed by atoms with E-state index in [1.54, 1.807) is 0 Å². The number of carbonyl (C=O) groups is 2. The lowest BCUT2D eigenvalue weighted by molar-refractivity contribution is -0.131. The zero-order valence-electron chi connectivity index (χ0n) is 11.0. The molecule has 1 atom stereocenters. The van der Waals surface area contributed by atoms with Gasteiger partial charge in [0, 0.05) is 6.54 Å². The minimum Gasteiger partial charge on any atom is -0.465 e. The Kier molecular flexibility index (Phi) is 4.01. The Morgan fingerprint density at radius 2 is 2.05 bits per heavy atom. The van der Waals surface area contributed by atoms with Gasteiger partial charge in [-0.3, -0.25) is 4.79 Å². The molecule has 0 saturated carbocycles. The number of halogens is 2. The van der Waals surface area contributed by atoms with Crippen molar-refractivity contribution in [3.05, 3.63) is 35.4 Å². The summed E-state index contributed by atoms with van der Waals surface area (Å²) in [5.41, 5.74) is 0.790. The van der Waals surface area contributed by atoms with E-state index in [0.29, 0.717) is 24.1 Å². The Morgan fingerprint density at radius 1 is 1.40 bits per heavy atom. The van der Waals surface area contributed by atoms with Gasteiger partial charge in [-0.15, -0.1) is 0 Å². The number of benzene rings is 1. The largest absolute Gasteiger partial charge is 0.465 e. The lowest BCUT2D eigenvalue weighted by Crippen LogP contribution is -2.46. The Balaban J connectivity index is 2.19. The van der Waals surface area contributed by atoms with Crippen LogP contribution < -0.4 is 0 Å². The van der Waals surface area contributed by atoms with Crippen LogP contribution in [0.1, 0.15) is 28.3 Å². The van der Waals surface area contributed by atoms with Gasteiger partial charge < -0.3 is 9.64 Å². The maximum absolute atomic E-state index is 14.0. The van der Waals surface area contributed by atoms with Crippen LogP contribution in [-0.4, -0.2) is 43.4 Å². The Hall–Kier alpha value is -1.98. The molecule has 1 unspecified atom stereocenters. The van der Waals surface area contributed by atoms with Crippen LogP contribution >= 0.6 is 0 Å². The first-order chi connectivity index (χ1) is 9.47. The number of amides is 1. The maximum Gasteiger partial charge on any atom is 0.337 e. The molecule has 6 heteroatoms. The molecule has 108 valence electrons. The van der Waals surface area contributed by atoms with Gasteiger partial charge in [-0.2, -0.15) is 0 Å². The molecular formula is C14H15F2NO3. The molecule has 1 aromatic carbocycles. The lowest BCUT2D eigenvalue weighted by Gasteiger charge is -2.36. The maximum atomic E-state index is 14.0. The zero-order chi connectivity index (χ0) is 14.8. The number of carbonyl (C=O) groups excluding carboxylic acids is 2. The van der Waals surface area contributed by atoms with Gasteiger partial charge in [0.15, 0.2) is 0 Å². The first-order valence-corrected chi connectivity index (χ1v) is 6.23. The second kappa shape index (κ2) is 5.56. The van der Waals surface area contributed by atoms with Crippen LogP contribution in [0.4, 0.5) is 8.78 Å². The second-order valence-electron chi connectivity index (χ2n) is 4.79. The van der Waals surface area contributed by atoms with Crippen molar-refractivity contribution in [1.82, 2.24) is 4.90 Å². The fourth-order valence-corrected chi connectivity index (χ4v) is 2.44. The third-order valence-corrected chi connectivity index (χ3v) is 3.51. The summed E-state index contributed by atoms with van der Waals surface area (Å²) in [4.78, 5) is 23.0. The molecule has 1 aliphatic rings. The summed E-state index contributed by atoms with van der Waals surface area (Å²) >= 11 is 0. The highest BCUT2D eigenvalue weighted by Gasteiger charge is 2.45. The standard InChI is InChI=1S/C14H15F2NO3/c1-20-13(19)11-4-2-10(3-5-11)12-6-7-17(9-18)8-14(12,15)16/h2-5,9,12H,6-8H2,1H3. The summed E-state index contributed by atoms with van der Waals surface area (Å²) < 4.78 is 32.6. The fraction of sp³-hybridized carbons (Fsp3) is 0.429. The summed E-state index contributed by atoms with van der Waals surface area (Å²) in [7, 11) is 1.26. The fourth-order valence-electron chi connectivity index (χ4n) is 2.44. The van der Waals surface area contributed by atoms with Gasteiger partial charge in [0.1, 0.15) is 0 Å². The van der Waals surface area contributed by atoms with E-state index >= 15 is 0 Å². The van der Waals surface area contributed by atoms with Gasteiger partial charge in [-0.1, -0.05) is 12.1 Å². The molecule has 1 aromatic rings. The molecule has 1 heterocycles. The molecule has 1 fully saturated rings. The summed E-state index contributed by atoms with van der Waals surface area (Å²) in [6, 6.07) is 5.98. The number of hydrogen-bond donors (Lipinski definition) is 0. The number of hydrogen-bond acceptors (Lipinski definition) is 3. The third kappa shape index (κ3) is 2.79. The average Bonchev–Trinajstić information content (AvgIpc) is 2.45. The molecule has 20 heavy (non-hydrogen) atoms. The summed E-state index contributed by atoms with van der Waals surface area (Å²) in [5, 5.41) is 0. The lowest BCUT2D eigenvalue weighted by atomic mass is 9.86. The van der Waals surface area contributed by atoms with Gasteiger partial charge in [-0.05, 0) is 24.1 Å². The normalized spacial score (nSPS) is 21.4. The molecule has 4 nitrogen and oxygen atoms in total. The van der Waals surface area contributed by atoms with Crippen molar-refractivity contribution in [2.45, 2.75) is 18.3 Å². The molecule has 0 aliphatic carbocycles. The summed E-state index contributed by atoms with van der Waals surface area (Å²) in [6.45, 7) is -0.261. The first-order valence-electron chi connectivity index (χ1n) is 6.23. The van der Waals surface area contributed by atoms with E-state index in [-0.39, 0.29) is 6.42 Å². The third-order valence-electron chi connectivity index (χ3n) is 3.51. The topological polar surface area (TPSA) is 46.6 Å². The highest BCUT2D eigenvalue weighted by atomic mass is 19.3. The number of esters is 1. The summed E-state index contributed by atoms with van der Waals surface area (Å²) in [6.07, 6.45) is 0.647. The molecule has 1 saturated heterocycles. The zero-order valence-corrected chi connectivity index (χ0v) is 11.0. The predicted molar refractivity (Wildman–Crippen MR) is 67.7 cm³/mol. The number of ether oxygens (including phenoxy) is 1. The minimum atomic E-state index is -2.97. The molecule has 0 spiro atoms. The summed E-state index contributed by atoms with van der Waals surface area (Å²) in [5.74, 6) is -4.41. The number of alkyl halides is 2. The first kappa shape index (κ1) is 14.4. The Morgan fingerprint density at radius 3 is 2.55 bits per heavy atom. The number of methoxy groups -OCH3 is 1. The van der Waals surface area contributed by atoms with Gasteiger partial charge in [0.2, 0.25) is 6.41 Å². The van der Waals surface area contributed by atoms with E-state index in [1.165, 1.54) is 31.4 Å². The monoisotopic (exact) mass is 283 g/mol. The molecule has 0 radical (unpaired) electrons. The van der Waals surface area contributed by atoms with Crippen LogP contribution in [0.25, 0.3) is 0 Å². The highest BCUT2D eigenvalue weighted by molar-refractivity contribution is 5.89. The van der Waals surface area contributed by atoms with Crippen LogP contribution in [0.5, 0.6) is 0 Å². The highest BCUT2D eigenvalue weighted by Crippen LogP contribution is 2.39. The predicted octanol–water partition coefficient (Wildman–Crippen LogP) is 2.05. The van der Waals surface area contributed by atoms with Crippen LogP contribution in [0.2, 0.25) is 0 Å². The smallest absolute Gasteiger partial charge is 0.337 e. The van der Waals surface area contributed by atoms with Crippen molar-refractivity contribution >= 4 is 12.4 Å². The Labute approximate surface area is 115 Å². The van der Waals surface area contributed by atoms with Crippen molar-refractivity contribution in [1.29, 1.82) is 0 Å². The van der Waals surface area contributed by atoms with Crippen molar-refractivity contribution in [3.63, 3.8) is 0 Å². The molecule has 1 aliphatic heterocycles. The average molecular weight is 283 g/mol. The van der Waals surface area contributed by atoms with Crippen LogP contribution in [-0.2, 0) is 9.53 Å². The van der Waals surface area contributed by atoms with E-state index in [2.05, 4.69) is 4.74 Å². The van der Waals surface area contributed by atoms with Crippen molar-refractivity contribution in [2.24, 2.45) is 0 Å². The van der Waals surface area contributed by atoms with Crippen molar-refractivity contribution in [2.75, 3.05) is 20.2 Å². The molecule has 0 bridgehead atoms. The number of nitrogens with zero attached hydrogens (tertiary/aromatic N) is 1. The molecule has 0 N–H and O–H groups in total. The number of likely N-dealkylation sites (tertiary alicyclic amines) is 1.